The topological polar surface area (TPSA) is 136 Å². The quantitative estimate of drug-likeness (QED) is 0.378. The molecule has 4 aliphatic heterocycles. The number of nitrogens with zero attached hydrogens (tertiary/aromatic N) is 3. The summed E-state index contributed by atoms with van der Waals surface area (Å²) in [6.45, 7) is 10.6. The zero-order valence-corrected chi connectivity index (χ0v) is 27.3. The number of rotatable bonds is 7. The highest BCUT2D eigenvalue weighted by molar-refractivity contribution is 5.89. The van der Waals surface area contributed by atoms with Crippen LogP contribution in [0.4, 0.5) is 13.2 Å². The minimum absolute atomic E-state index is 0.0634. The van der Waals surface area contributed by atoms with Crippen LogP contribution in [0.1, 0.15) is 58.0 Å². The number of nitrogens with one attached hydrogen (secondary N) is 2. The largest absolute Gasteiger partial charge is 0.507 e. The zero-order valence-electron chi connectivity index (χ0n) is 27.3. The summed E-state index contributed by atoms with van der Waals surface area (Å²) in [4.78, 5) is 29.0. The number of likely N-dealkylation sites (N-methyl/N-ethyl adjacent to an activating group) is 1. The highest BCUT2D eigenvalue weighted by Gasteiger charge is 2.56. The van der Waals surface area contributed by atoms with E-state index in [1.54, 1.807) is 11.4 Å². The Bertz CT molecular complexity index is 1740. The molecular formula is C34H38F3N5O6. The lowest BCUT2D eigenvalue weighted by molar-refractivity contribution is -0.174. The molecule has 0 spiro atoms. The van der Waals surface area contributed by atoms with Crippen LogP contribution in [-0.2, 0) is 22.4 Å². The van der Waals surface area contributed by atoms with Crippen molar-refractivity contribution in [1.82, 2.24) is 20.4 Å². The lowest BCUT2D eigenvalue weighted by Gasteiger charge is -2.60. The minimum atomic E-state index is -5.15. The molecule has 2 amide bonds. The molecule has 0 aliphatic carbocycles. The number of amides is 2. The van der Waals surface area contributed by atoms with Crippen molar-refractivity contribution < 1.29 is 42.1 Å². The van der Waals surface area contributed by atoms with Gasteiger partial charge in [-0.2, -0.15) is 18.4 Å². The average Bonchev–Trinajstić information content (AvgIpc) is 3.52. The molecule has 1 fully saturated rings. The number of fused-ring (bicyclic) bond motifs is 9. The number of benzene rings is 2. The van der Waals surface area contributed by atoms with Crippen LogP contribution in [0.3, 0.4) is 0 Å². The number of halogens is 3. The molecule has 6 rings (SSSR count). The number of aryl methyl sites for hydroxylation is 1. The van der Waals surface area contributed by atoms with Crippen LogP contribution in [-0.4, -0.2) is 84.1 Å². The standard InChI is InChI=1S/C34H38F3N5O6/c1-7-8-46-29-17(4)30-31(48-14-47-30)26-20(29)11-22-27-25-19(9-15(2)16(3)28(25)43)10-21(41(27)6)23(12-38)42(22)24(26)13-39-32(44)18(5)40-33(45)34(35,36)37/h7,9,18,21-24,27,43H,1,8,10-11,13-14H2,2-6H3,(H,39,44)(H,40,45)/t18-,21-,22?,23-,24-,27-/m0/s1. The summed E-state index contributed by atoms with van der Waals surface area (Å²) in [6.07, 6.45) is -2.67. The maximum absolute atomic E-state index is 13.2. The van der Waals surface area contributed by atoms with Gasteiger partial charge in [-0.3, -0.25) is 19.4 Å². The van der Waals surface area contributed by atoms with Crippen LogP contribution in [0.2, 0.25) is 0 Å². The van der Waals surface area contributed by atoms with Crippen molar-refractivity contribution in [2.75, 3.05) is 27.0 Å². The summed E-state index contributed by atoms with van der Waals surface area (Å²) >= 11 is 0. The Morgan fingerprint density at radius 3 is 2.56 bits per heavy atom. The second-order valence-electron chi connectivity index (χ2n) is 12.9. The van der Waals surface area contributed by atoms with Crippen LogP contribution < -0.4 is 24.8 Å². The Hall–Kier alpha value is -4.48. The minimum Gasteiger partial charge on any atom is -0.507 e. The number of carbonyl (C=O) groups is 2. The van der Waals surface area contributed by atoms with Gasteiger partial charge in [0.25, 0.3) is 0 Å². The molecule has 4 aliphatic rings. The molecule has 14 heteroatoms. The summed E-state index contributed by atoms with van der Waals surface area (Å²) < 4.78 is 57.0. The predicted molar refractivity (Wildman–Crippen MR) is 167 cm³/mol. The summed E-state index contributed by atoms with van der Waals surface area (Å²) in [7, 11) is 1.95. The average molecular weight is 670 g/mol. The van der Waals surface area contributed by atoms with Gasteiger partial charge in [-0.05, 0) is 64.3 Å². The first kappa shape index (κ1) is 33.4. The Kier molecular flexibility index (Phi) is 8.49. The predicted octanol–water partition coefficient (Wildman–Crippen LogP) is 3.57. The van der Waals surface area contributed by atoms with Gasteiger partial charge in [-0.25, -0.2) is 0 Å². The van der Waals surface area contributed by atoms with Crippen LogP contribution in [0.5, 0.6) is 23.0 Å². The van der Waals surface area contributed by atoms with Crippen molar-refractivity contribution >= 4 is 11.8 Å². The third-order valence-electron chi connectivity index (χ3n) is 10.2. The van der Waals surface area contributed by atoms with Gasteiger partial charge >= 0.3 is 12.1 Å². The van der Waals surface area contributed by atoms with Crippen molar-refractivity contribution in [3.8, 4) is 29.1 Å². The first-order valence-corrected chi connectivity index (χ1v) is 15.8. The number of nitriles is 1. The number of piperazine rings is 1. The molecule has 0 aromatic heterocycles. The summed E-state index contributed by atoms with van der Waals surface area (Å²) in [6, 6.07) is 0.606. The molecule has 0 radical (unpaired) electrons. The van der Waals surface area contributed by atoms with E-state index in [0.717, 1.165) is 34.7 Å². The smallest absolute Gasteiger partial charge is 0.471 e. The molecule has 2 aromatic carbocycles. The molecule has 4 heterocycles. The molecule has 256 valence electrons. The summed E-state index contributed by atoms with van der Waals surface area (Å²) in [5.74, 6) is -1.40. The highest BCUT2D eigenvalue weighted by Crippen LogP contribution is 2.57. The number of carbonyl (C=O) groups excluding carboxylic acids is 2. The monoisotopic (exact) mass is 669 g/mol. The first-order chi connectivity index (χ1) is 22.7. The second kappa shape index (κ2) is 12.2. The van der Waals surface area contributed by atoms with Gasteiger partial charge < -0.3 is 30.0 Å². The van der Waals surface area contributed by atoms with E-state index in [0.29, 0.717) is 41.2 Å². The fraction of sp³-hybridized carbons (Fsp3) is 0.500. The molecule has 11 nitrogen and oxygen atoms in total. The van der Waals surface area contributed by atoms with Crippen molar-refractivity contribution in [1.29, 1.82) is 5.26 Å². The number of phenolic OH excluding ortho intramolecular Hbond substituents is 1. The van der Waals surface area contributed by atoms with Crippen molar-refractivity contribution in [3.05, 3.63) is 57.7 Å². The SMILES string of the molecule is C=CCOc1c(C)c2c(c3c1CC1[C@H]4c5c(cc(C)c(C)c5O)C[C@@H]([C@H](C#N)N1[C@H]3CNC(=O)[C@H](C)NC(=O)C(F)(F)F)N4C)OCO2. The van der Waals surface area contributed by atoms with E-state index in [4.69, 9.17) is 14.2 Å². The van der Waals surface area contributed by atoms with E-state index in [-0.39, 0.29) is 37.8 Å². The molecule has 1 unspecified atom stereocenters. The fourth-order valence-corrected chi connectivity index (χ4v) is 7.93. The van der Waals surface area contributed by atoms with Crippen LogP contribution in [0.25, 0.3) is 0 Å². The molecule has 2 bridgehead atoms. The molecule has 1 saturated heterocycles. The normalized spacial score (nSPS) is 24.8. The van der Waals surface area contributed by atoms with Crippen molar-refractivity contribution in [2.45, 2.75) is 83.0 Å². The molecular weight excluding hydrogens is 631 g/mol. The van der Waals surface area contributed by atoms with E-state index in [1.807, 2.05) is 32.7 Å². The maximum atomic E-state index is 13.2. The number of ether oxygens (including phenoxy) is 3. The van der Waals surface area contributed by atoms with E-state index in [9.17, 15) is 33.1 Å². The van der Waals surface area contributed by atoms with Gasteiger partial charge in [-0.15, -0.1) is 0 Å². The summed E-state index contributed by atoms with van der Waals surface area (Å²) in [5, 5.41) is 26.8. The first-order valence-electron chi connectivity index (χ1n) is 15.8. The van der Waals surface area contributed by atoms with Gasteiger partial charge in [0.05, 0.1) is 18.2 Å². The lowest BCUT2D eigenvalue weighted by Crippen LogP contribution is -2.69. The van der Waals surface area contributed by atoms with Gasteiger partial charge in [-0.1, -0.05) is 18.7 Å². The van der Waals surface area contributed by atoms with E-state index >= 15 is 0 Å². The Labute approximate surface area is 276 Å². The number of phenols is 1. The van der Waals surface area contributed by atoms with Gasteiger partial charge in [0, 0.05) is 40.9 Å². The van der Waals surface area contributed by atoms with Crippen molar-refractivity contribution in [3.63, 3.8) is 0 Å². The third-order valence-corrected chi connectivity index (χ3v) is 10.2. The number of alkyl halides is 3. The Morgan fingerprint density at radius 2 is 1.90 bits per heavy atom. The third kappa shape index (κ3) is 5.20. The van der Waals surface area contributed by atoms with Crippen molar-refractivity contribution in [2.24, 2.45) is 0 Å². The molecule has 0 saturated carbocycles. The summed E-state index contributed by atoms with van der Waals surface area (Å²) in [5.41, 5.74) is 5.59. The van der Waals surface area contributed by atoms with E-state index in [1.165, 1.54) is 0 Å². The fourth-order valence-electron chi connectivity index (χ4n) is 7.93. The van der Waals surface area contributed by atoms with E-state index < -0.39 is 42.2 Å². The molecule has 48 heavy (non-hydrogen) atoms. The number of hydrogen-bond donors (Lipinski definition) is 3. The zero-order chi connectivity index (χ0) is 34.8. The Balaban J connectivity index is 1.50. The Morgan fingerprint density at radius 1 is 1.19 bits per heavy atom. The van der Waals surface area contributed by atoms with Gasteiger partial charge in [0.2, 0.25) is 12.7 Å². The number of hydrogen-bond acceptors (Lipinski definition) is 9. The van der Waals surface area contributed by atoms with Crippen LogP contribution in [0.15, 0.2) is 18.7 Å². The van der Waals surface area contributed by atoms with Crippen LogP contribution >= 0.6 is 0 Å². The maximum Gasteiger partial charge on any atom is 0.471 e. The number of aromatic hydroxyl groups is 1. The highest BCUT2D eigenvalue weighted by atomic mass is 19.4. The molecule has 3 N–H and O–H groups in total. The lowest BCUT2D eigenvalue weighted by atomic mass is 9.71. The van der Waals surface area contributed by atoms with Gasteiger partial charge in [0.15, 0.2) is 11.5 Å². The molecule has 6 atom stereocenters. The molecule has 2 aromatic rings. The van der Waals surface area contributed by atoms with Crippen LogP contribution in [0, 0.1) is 32.1 Å². The van der Waals surface area contributed by atoms with Gasteiger partial charge in [0.1, 0.15) is 30.2 Å². The van der Waals surface area contributed by atoms with E-state index in [2.05, 4.69) is 28.9 Å². The second-order valence-corrected chi connectivity index (χ2v) is 12.9.